The first-order valence-corrected chi connectivity index (χ1v) is 7.39. The Morgan fingerprint density at radius 2 is 2.00 bits per heavy atom. The lowest BCUT2D eigenvalue weighted by molar-refractivity contribution is 0.0659. The monoisotopic (exact) mass is 287 g/mol. The fourth-order valence-corrected chi connectivity index (χ4v) is 2.34. The Bertz CT molecular complexity index is 562. The molecule has 112 valence electrons. The number of carboxylic acid groups (broad SMARTS) is 1. The zero-order valence-corrected chi connectivity index (χ0v) is 12.3. The van der Waals surface area contributed by atoms with Crippen LogP contribution in [-0.4, -0.2) is 16.1 Å². The molecule has 0 fully saturated rings. The minimum atomic E-state index is -1.07. The molecule has 0 saturated carbocycles. The van der Waals surface area contributed by atoms with Gasteiger partial charge in [0, 0.05) is 5.92 Å². The molecule has 0 aliphatic carbocycles. The number of rotatable bonds is 8. The minimum absolute atomic E-state index is 0.0825. The summed E-state index contributed by atoms with van der Waals surface area (Å²) in [6.07, 6.45) is 6.78. The standard InChI is InChI=1S/C17H21NO3/c1-13(16-18-12-15(21-16)17(19)20)8-4-2-5-9-14-10-6-3-7-11-14/h3,6-7,10-13H,2,4-5,8-9H2,1H3,(H,19,20). The number of hydrogen-bond acceptors (Lipinski definition) is 3. The Balaban J connectivity index is 1.67. The van der Waals surface area contributed by atoms with Crippen molar-refractivity contribution >= 4 is 5.97 Å². The first-order chi connectivity index (χ1) is 10.2. The SMILES string of the molecule is CC(CCCCCc1ccccc1)c1ncc(C(=O)O)o1. The summed E-state index contributed by atoms with van der Waals surface area (Å²) >= 11 is 0. The molecule has 1 atom stereocenters. The maximum absolute atomic E-state index is 10.7. The Labute approximate surface area is 124 Å². The second kappa shape index (κ2) is 7.62. The van der Waals surface area contributed by atoms with Crippen LogP contribution in [0.2, 0.25) is 0 Å². The molecule has 1 unspecified atom stereocenters. The summed E-state index contributed by atoms with van der Waals surface area (Å²) in [5.41, 5.74) is 1.38. The second-order valence-electron chi connectivity index (χ2n) is 5.35. The third-order valence-corrected chi connectivity index (χ3v) is 3.60. The summed E-state index contributed by atoms with van der Waals surface area (Å²) in [7, 11) is 0. The van der Waals surface area contributed by atoms with Crippen LogP contribution in [0.1, 0.15) is 60.5 Å². The first-order valence-electron chi connectivity index (χ1n) is 7.39. The first kappa shape index (κ1) is 15.3. The van der Waals surface area contributed by atoms with Crippen molar-refractivity contribution in [2.24, 2.45) is 0 Å². The lowest BCUT2D eigenvalue weighted by Crippen LogP contribution is -1.95. The number of aromatic carboxylic acids is 1. The molecule has 1 aromatic heterocycles. The quantitative estimate of drug-likeness (QED) is 0.736. The van der Waals surface area contributed by atoms with Crippen LogP contribution >= 0.6 is 0 Å². The Morgan fingerprint density at radius 1 is 1.24 bits per heavy atom. The van der Waals surface area contributed by atoms with E-state index in [2.05, 4.69) is 29.2 Å². The van der Waals surface area contributed by atoms with Gasteiger partial charge in [-0.05, 0) is 24.8 Å². The normalized spacial score (nSPS) is 12.2. The van der Waals surface area contributed by atoms with E-state index in [9.17, 15) is 4.79 Å². The summed E-state index contributed by atoms with van der Waals surface area (Å²) in [5.74, 6) is -0.463. The van der Waals surface area contributed by atoms with Gasteiger partial charge in [0.05, 0.1) is 6.20 Å². The van der Waals surface area contributed by atoms with Crippen LogP contribution in [0.5, 0.6) is 0 Å². The molecule has 0 aliphatic heterocycles. The van der Waals surface area contributed by atoms with E-state index in [0.717, 1.165) is 25.7 Å². The van der Waals surface area contributed by atoms with Gasteiger partial charge in [-0.2, -0.15) is 0 Å². The molecule has 0 bridgehead atoms. The summed E-state index contributed by atoms with van der Waals surface area (Å²) in [6, 6.07) is 10.5. The molecule has 0 spiro atoms. The average molecular weight is 287 g/mol. The van der Waals surface area contributed by atoms with Crippen LogP contribution in [0, 0.1) is 0 Å². The maximum Gasteiger partial charge on any atom is 0.373 e. The molecule has 2 rings (SSSR count). The smallest absolute Gasteiger partial charge is 0.373 e. The van der Waals surface area contributed by atoms with E-state index in [1.165, 1.54) is 18.2 Å². The van der Waals surface area contributed by atoms with Crippen molar-refractivity contribution in [3.05, 3.63) is 53.7 Å². The van der Waals surface area contributed by atoms with Gasteiger partial charge in [0.25, 0.3) is 0 Å². The van der Waals surface area contributed by atoms with Gasteiger partial charge >= 0.3 is 5.97 Å². The second-order valence-corrected chi connectivity index (χ2v) is 5.35. The molecule has 0 radical (unpaired) electrons. The number of aromatic nitrogens is 1. The highest BCUT2D eigenvalue weighted by Gasteiger charge is 2.15. The average Bonchev–Trinajstić information content (AvgIpc) is 2.98. The van der Waals surface area contributed by atoms with Gasteiger partial charge in [-0.15, -0.1) is 0 Å². The highest BCUT2D eigenvalue weighted by molar-refractivity contribution is 5.83. The van der Waals surface area contributed by atoms with Crippen molar-refractivity contribution in [3.8, 4) is 0 Å². The third kappa shape index (κ3) is 4.74. The van der Waals surface area contributed by atoms with Crippen LogP contribution in [0.3, 0.4) is 0 Å². The summed E-state index contributed by atoms with van der Waals surface area (Å²) in [5, 5.41) is 8.80. The molecular formula is C17H21NO3. The van der Waals surface area contributed by atoms with E-state index < -0.39 is 5.97 Å². The van der Waals surface area contributed by atoms with Crippen LogP contribution < -0.4 is 0 Å². The predicted octanol–water partition coefficient (Wildman–Crippen LogP) is 4.28. The number of hydrogen-bond donors (Lipinski definition) is 1. The molecular weight excluding hydrogens is 266 g/mol. The number of benzene rings is 1. The Morgan fingerprint density at radius 3 is 2.67 bits per heavy atom. The Kier molecular flexibility index (Phi) is 5.55. The summed E-state index contributed by atoms with van der Waals surface area (Å²) < 4.78 is 5.22. The van der Waals surface area contributed by atoms with Crippen LogP contribution in [0.15, 0.2) is 40.9 Å². The zero-order chi connectivity index (χ0) is 15.1. The van der Waals surface area contributed by atoms with Crippen molar-refractivity contribution < 1.29 is 14.3 Å². The van der Waals surface area contributed by atoms with E-state index >= 15 is 0 Å². The fourth-order valence-electron chi connectivity index (χ4n) is 2.34. The number of carbonyl (C=O) groups is 1. The van der Waals surface area contributed by atoms with E-state index in [-0.39, 0.29) is 11.7 Å². The van der Waals surface area contributed by atoms with E-state index in [1.54, 1.807) is 0 Å². The summed E-state index contributed by atoms with van der Waals surface area (Å²) in [6.45, 7) is 2.02. The van der Waals surface area contributed by atoms with Crippen molar-refractivity contribution in [2.75, 3.05) is 0 Å². The maximum atomic E-state index is 10.7. The molecule has 0 amide bonds. The fraction of sp³-hybridized carbons (Fsp3) is 0.412. The lowest BCUT2D eigenvalue weighted by Gasteiger charge is -2.07. The molecule has 4 heteroatoms. The largest absolute Gasteiger partial charge is 0.475 e. The molecule has 21 heavy (non-hydrogen) atoms. The number of aryl methyl sites for hydroxylation is 1. The van der Waals surface area contributed by atoms with Crippen molar-refractivity contribution in [1.29, 1.82) is 0 Å². The molecule has 1 aromatic carbocycles. The lowest BCUT2D eigenvalue weighted by atomic mass is 10.0. The zero-order valence-electron chi connectivity index (χ0n) is 12.3. The van der Waals surface area contributed by atoms with Gasteiger partial charge in [-0.25, -0.2) is 9.78 Å². The van der Waals surface area contributed by atoms with Gasteiger partial charge in [0.2, 0.25) is 5.76 Å². The molecule has 0 saturated heterocycles. The van der Waals surface area contributed by atoms with Gasteiger partial charge < -0.3 is 9.52 Å². The van der Waals surface area contributed by atoms with Crippen LogP contribution in [0.4, 0.5) is 0 Å². The van der Waals surface area contributed by atoms with E-state index in [4.69, 9.17) is 9.52 Å². The molecule has 1 N–H and O–H groups in total. The highest BCUT2D eigenvalue weighted by Crippen LogP contribution is 2.22. The van der Waals surface area contributed by atoms with Crippen molar-refractivity contribution in [2.45, 2.75) is 44.9 Å². The number of unbranched alkanes of at least 4 members (excludes halogenated alkanes) is 2. The van der Waals surface area contributed by atoms with Gasteiger partial charge in [0.1, 0.15) is 0 Å². The van der Waals surface area contributed by atoms with E-state index in [0.29, 0.717) is 5.89 Å². The van der Waals surface area contributed by atoms with Gasteiger partial charge in [-0.1, -0.05) is 50.1 Å². The highest BCUT2D eigenvalue weighted by atomic mass is 16.4. The van der Waals surface area contributed by atoms with Gasteiger partial charge in [0.15, 0.2) is 5.89 Å². The summed E-state index contributed by atoms with van der Waals surface area (Å²) in [4.78, 5) is 14.8. The predicted molar refractivity (Wildman–Crippen MR) is 80.5 cm³/mol. The van der Waals surface area contributed by atoms with Crippen LogP contribution in [-0.2, 0) is 6.42 Å². The topological polar surface area (TPSA) is 63.3 Å². The van der Waals surface area contributed by atoms with Crippen LogP contribution in [0.25, 0.3) is 0 Å². The molecule has 1 heterocycles. The third-order valence-electron chi connectivity index (χ3n) is 3.60. The Hall–Kier alpha value is -2.10. The number of nitrogens with zero attached hydrogens (tertiary/aromatic N) is 1. The number of oxazole rings is 1. The molecule has 4 nitrogen and oxygen atoms in total. The number of carboxylic acids is 1. The van der Waals surface area contributed by atoms with Crippen molar-refractivity contribution in [3.63, 3.8) is 0 Å². The van der Waals surface area contributed by atoms with Gasteiger partial charge in [-0.3, -0.25) is 0 Å². The molecule has 2 aromatic rings. The minimum Gasteiger partial charge on any atom is -0.475 e. The molecule has 0 aliphatic rings. The van der Waals surface area contributed by atoms with Crippen molar-refractivity contribution in [1.82, 2.24) is 4.98 Å². The van der Waals surface area contributed by atoms with E-state index in [1.807, 2.05) is 13.0 Å².